The average Bonchev–Trinajstić information content (AvgIpc) is 2.73. The highest BCUT2D eigenvalue weighted by Gasteiger charge is 2.33. The summed E-state index contributed by atoms with van der Waals surface area (Å²) < 4.78 is 13.8. The highest BCUT2D eigenvalue weighted by atomic mass is 19.1. The van der Waals surface area contributed by atoms with E-state index in [0.29, 0.717) is 24.6 Å². The molecule has 0 radical (unpaired) electrons. The smallest absolute Gasteiger partial charge is 0.257 e. The molecule has 1 aliphatic carbocycles. The molecule has 3 nitrogen and oxygen atoms in total. The van der Waals surface area contributed by atoms with Crippen LogP contribution in [0, 0.1) is 11.7 Å². The van der Waals surface area contributed by atoms with E-state index >= 15 is 0 Å². The van der Waals surface area contributed by atoms with Crippen molar-refractivity contribution < 1.29 is 14.3 Å². The first-order chi connectivity index (χ1) is 9.16. The number of rotatable bonds is 2. The fourth-order valence-corrected chi connectivity index (χ4v) is 3.23. The Kier molecular flexibility index (Phi) is 3.17. The molecule has 0 atom stereocenters. The van der Waals surface area contributed by atoms with Crippen molar-refractivity contribution in [2.45, 2.75) is 38.6 Å². The molecule has 0 aromatic heterocycles. The maximum absolute atomic E-state index is 13.8. The van der Waals surface area contributed by atoms with Crippen LogP contribution in [0.4, 0.5) is 4.39 Å². The second-order valence-corrected chi connectivity index (χ2v) is 5.62. The Labute approximate surface area is 112 Å². The summed E-state index contributed by atoms with van der Waals surface area (Å²) in [6.45, 7) is 1.19. The van der Waals surface area contributed by atoms with Gasteiger partial charge in [-0.2, -0.15) is 0 Å². The zero-order valence-corrected chi connectivity index (χ0v) is 10.9. The Hall–Kier alpha value is -1.58. The zero-order valence-electron chi connectivity index (χ0n) is 10.9. The largest absolute Gasteiger partial charge is 0.505 e. The molecule has 1 heterocycles. The topological polar surface area (TPSA) is 40.5 Å². The highest BCUT2D eigenvalue weighted by Crippen LogP contribution is 2.32. The first kappa shape index (κ1) is 12.5. The third-order valence-electron chi connectivity index (χ3n) is 4.27. The Balaban J connectivity index is 1.77. The van der Waals surface area contributed by atoms with Crippen LogP contribution in [-0.2, 0) is 6.54 Å². The summed E-state index contributed by atoms with van der Waals surface area (Å²) in [6.07, 6.45) is 6.07. The van der Waals surface area contributed by atoms with E-state index in [2.05, 4.69) is 0 Å². The summed E-state index contributed by atoms with van der Waals surface area (Å²) in [6, 6.07) is 2.97. The van der Waals surface area contributed by atoms with Crippen LogP contribution in [0.1, 0.15) is 48.0 Å². The quantitative estimate of drug-likeness (QED) is 0.890. The van der Waals surface area contributed by atoms with Gasteiger partial charge in [0.2, 0.25) is 0 Å². The summed E-state index contributed by atoms with van der Waals surface area (Å²) >= 11 is 0. The van der Waals surface area contributed by atoms with Gasteiger partial charge in [0, 0.05) is 13.1 Å². The van der Waals surface area contributed by atoms with Gasteiger partial charge >= 0.3 is 0 Å². The number of benzene rings is 1. The summed E-state index contributed by atoms with van der Waals surface area (Å²) in [4.78, 5) is 13.9. The molecule has 4 heteroatoms. The molecule has 0 unspecified atom stereocenters. The van der Waals surface area contributed by atoms with E-state index in [0.717, 1.165) is 12.8 Å². The average molecular weight is 263 g/mol. The second kappa shape index (κ2) is 4.83. The fourth-order valence-electron chi connectivity index (χ4n) is 3.23. The predicted molar refractivity (Wildman–Crippen MR) is 69.4 cm³/mol. The molecule has 1 saturated carbocycles. The lowest BCUT2D eigenvalue weighted by Gasteiger charge is -2.26. The molecule has 0 saturated heterocycles. The van der Waals surface area contributed by atoms with Gasteiger partial charge in [-0.15, -0.1) is 0 Å². The van der Waals surface area contributed by atoms with Gasteiger partial charge in [-0.05, 0) is 30.4 Å². The van der Waals surface area contributed by atoms with E-state index < -0.39 is 11.6 Å². The van der Waals surface area contributed by atoms with E-state index in [-0.39, 0.29) is 11.5 Å². The number of carbonyl (C=O) groups excluding carboxylic acids is 1. The maximum Gasteiger partial charge on any atom is 0.257 e. The van der Waals surface area contributed by atoms with E-state index in [1.807, 2.05) is 0 Å². The van der Waals surface area contributed by atoms with Crippen LogP contribution in [0.2, 0.25) is 0 Å². The summed E-state index contributed by atoms with van der Waals surface area (Å²) in [5.74, 6) is -0.932. The van der Waals surface area contributed by atoms with Crippen LogP contribution in [0.3, 0.4) is 0 Å². The molecule has 0 bridgehead atoms. The zero-order chi connectivity index (χ0) is 13.4. The van der Waals surface area contributed by atoms with Crippen molar-refractivity contribution in [3.8, 4) is 5.75 Å². The Bertz CT molecular complexity index is 509. The standard InChI is InChI=1S/C15H18FNO2/c16-14-12(18)7-6-11-9-17(15(19)13(11)14)8-10-4-2-1-3-5-10/h6-7,10,18H,1-5,8-9H2. The van der Waals surface area contributed by atoms with E-state index in [9.17, 15) is 14.3 Å². The van der Waals surface area contributed by atoms with Gasteiger partial charge in [0.15, 0.2) is 11.6 Å². The Morgan fingerprint density at radius 1 is 1.26 bits per heavy atom. The van der Waals surface area contributed by atoms with Crippen molar-refractivity contribution in [1.82, 2.24) is 4.90 Å². The van der Waals surface area contributed by atoms with Gasteiger partial charge in [-0.25, -0.2) is 4.39 Å². The third kappa shape index (κ3) is 2.20. The van der Waals surface area contributed by atoms with E-state index in [1.54, 1.807) is 11.0 Å². The van der Waals surface area contributed by atoms with Crippen LogP contribution in [-0.4, -0.2) is 22.5 Å². The maximum atomic E-state index is 13.8. The van der Waals surface area contributed by atoms with Gasteiger partial charge in [-0.1, -0.05) is 25.3 Å². The molecule has 0 spiro atoms. The van der Waals surface area contributed by atoms with Crippen molar-refractivity contribution in [2.24, 2.45) is 5.92 Å². The number of hydrogen-bond donors (Lipinski definition) is 1. The minimum atomic E-state index is -0.770. The second-order valence-electron chi connectivity index (χ2n) is 5.62. The molecule has 19 heavy (non-hydrogen) atoms. The predicted octanol–water partition coefficient (Wildman–Crippen LogP) is 3.07. The molecular weight excluding hydrogens is 245 g/mol. The first-order valence-electron chi connectivity index (χ1n) is 6.96. The van der Waals surface area contributed by atoms with Crippen LogP contribution < -0.4 is 0 Å². The van der Waals surface area contributed by atoms with Crippen LogP contribution in [0.5, 0.6) is 5.75 Å². The molecule has 1 N–H and O–H groups in total. The number of nitrogens with zero attached hydrogens (tertiary/aromatic N) is 1. The van der Waals surface area contributed by atoms with Crippen molar-refractivity contribution >= 4 is 5.91 Å². The minimum Gasteiger partial charge on any atom is -0.505 e. The molecule has 1 fully saturated rings. The highest BCUT2D eigenvalue weighted by molar-refractivity contribution is 5.99. The number of halogens is 1. The van der Waals surface area contributed by atoms with Gasteiger partial charge < -0.3 is 10.0 Å². The molecule has 1 aromatic rings. The van der Waals surface area contributed by atoms with Crippen molar-refractivity contribution in [1.29, 1.82) is 0 Å². The fraction of sp³-hybridized carbons (Fsp3) is 0.533. The van der Waals surface area contributed by atoms with Crippen LogP contribution in [0.15, 0.2) is 12.1 Å². The SMILES string of the molecule is O=C1c2c(ccc(O)c2F)CN1CC1CCCCC1. The number of phenols is 1. The molecule has 102 valence electrons. The lowest BCUT2D eigenvalue weighted by Crippen LogP contribution is -2.31. The Morgan fingerprint density at radius 2 is 2.00 bits per heavy atom. The monoisotopic (exact) mass is 263 g/mol. The molecule has 2 aliphatic rings. The number of hydrogen-bond acceptors (Lipinski definition) is 2. The first-order valence-corrected chi connectivity index (χ1v) is 6.96. The summed E-state index contributed by atoms with van der Waals surface area (Å²) in [7, 11) is 0. The molecule has 1 aromatic carbocycles. The number of phenolic OH excluding ortho intramolecular Hbond substituents is 1. The Morgan fingerprint density at radius 3 is 2.74 bits per heavy atom. The number of carbonyl (C=O) groups is 1. The van der Waals surface area contributed by atoms with E-state index in [4.69, 9.17) is 0 Å². The summed E-state index contributed by atoms with van der Waals surface area (Å²) in [5.41, 5.74) is 0.756. The van der Waals surface area contributed by atoms with Crippen molar-refractivity contribution in [3.63, 3.8) is 0 Å². The lowest BCUT2D eigenvalue weighted by atomic mass is 9.89. The lowest BCUT2D eigenvalue weighted by molar-refractivity contribution is 0.0734. The molecular formula is C15H18FNO2. The van der Waals surface area contributed by atoms with Crippen LogP contribution in [0.25, 0.3) is 0 Å². The van der Waals surface area contributed by atoms with Crippen LogP contribution >= 0.6 is 0 Å². The van der Waals surface area contributed by atoms with Crippen molar-refractivity contribution in [2.75, 3.05) is 6.54 Å². The van der Waals surface area contributed by atoms with Gasteiger partial charge in [-0.3, -0.25) is 4.79 Å². The minimum absolute atomic E-state index is 0.0656. The molecule has 3 rings (SSSR count). The third-order valence-corrected chi connectivity index (χ3v) is 4.27. The normalized spacial score (nSPS) is 19.8. The number of fused-ring (bicyclic) bond motifs is 1. The van der Waals surface area contributed by atoms with Gasteiger partial charge in [0.25, 0.3) is 5.91 Å². The summed E-state index contributed by atoms with van der Waals surface area (Å²) in [5, 5.41) is 9.36. The number of aromatic hydroxyl groups is 1. The number of amides is 1. The molecule has 1 amide bonds. The van der Waals surface area contributed by atoms with Gasteiger partial charge in [0.05, 0.1) is 5.56 Å². The van der Waals surface area contributed by atoms with Gasteiger partial charge in [0.1, 0.15) is 0 Å². The molecule has 1 aliphatic heterocycles. The van der Waals surface area contributed by atoms with E-state index in [1.165, 1.54) is 25.3 Å². The van der Waals surface area contributed by atoms with Crippen molar-refractivity contribution in [3.05, 3.63) is 29.1 Å².